The Morgan fingerprint density at radius 2 is 1.61 bits per heavy atom. The normalized spacial score (nSPS) is 14.0. The molecule has 7 rings (SSSR count). The molecule has 1 aromatic heterocycles. The summed E-state index contributed by atoms with van der Waals surface area (Å²) in [7, 11) is -4.14. The number of nitrogens with zero attached hydrogens (tertiary/aromatic N) is 5. The number of thioether (sulfide) groups is 1. The molecule has 0 spiro atoms. The van der Waals surface area contributed by atoms with Gasteiger partial charge in [-0.15, -0.1) is 22.0 Å². The molecule has 6 aromatic rings. The number of piperazine rings is 1. The third-order valence-corrected chi connectivity index (χ3v) is 12.8. The second-order valence-corrected chi connectivity index (χ2v) is 17.1. The zero-order valence-electron chi connectivity index (χ0n) is 31.6. The Labute approximate surface area is 343 Å². The minimum Gasteiger partial charge on any atom is -0.381 e. The van der Waals surface area contributed by atoms with Crippen molar-refractivity contribution in [3.63, 3.8) is 0 Å². The summed E-state index contributed by atoms with van der Waals surface area (Å²) in [4.78, 5) is 19.2. The molecule has 0 unspecified atom stereocenters. The number of sulfonamides is 1. The van der Waals surface area contributed by atoms with Crippen LogP contribution in [0.25, 0.3) is 11.1 Å². The van der Waals surface area contributed by atoms with Crippen LogP contribution in [-0.4, -0.2) is 77.8 Å². The van der Waals surface area contributed by atoms with Gasteiger partial charge in [-0.2, -0.15) is 5.21 Å². The van der Waals surface area contributed by atoms with Gasteiger partial charge >= 0.3 is 0 Å². The zero-order chi connectivity index (χ0) is 39.6. The molecule has 1 saturated heterocycles. The first-order valence-corrected chi connectivity index (χ1v) is 21.9. The van der Waals surface area contributed by atoms with Crippen LogP contribution >= 0.6 is 23.4 Å². The first-order chi connectivity index (χ1) is 27.7. The number of carbonyl (C=O) groups excluding carboxylic acids is 1. The maximum absolute atomic E-state index is 13.5. The summed E-state index contributed by atoms with van der Waals surface area (Å²) < 4.78 is 29.3. The topological polar surface area (TPSA) is 136 Å². The number of hydrogen-bond acceptors (Lipinski definition) is 10. The molecule has 1 atom stereocenters. The van der Waals surface area contributed by atoms with Gasteiger partial charge in [0.1, 0.15) is 0 Å². The van der Waals surface area contributed by atoms with Crippen molar-refractivity contribution in [2.24, 2.45) is 0 Å². The van der Waals surface area contributed by atoms with E-state index in [4.69, 9.17) is 11.6 Å². The summed E-state index contributed by atoms with van der Waals surface area (Å²) in [6.07, 6.45) is 1.97. The van der Waals surface area contributed by atoms with Gasteiger partial charge in [0.05, 0.1) is 4.90 Å². The Morgan fingerprint density at radius 3 is 2.33 bits per heavy atom. The number of nitrogens with one attached hydrogen (secondary N) is 3. The van der Waals surface area contributed by atoms with Crippen LogP contribution in [0.5, 0.6) is 0 Å². The van der Waals surface area contributed by atoms with Gasteiger partial charge in [0.2, 0.25) is 0 Å². The number of aryl methyl sites for hydroxylation is 2. The first-order valence-electron chi connectivity index (χ1n) is 19.0. The number of H-pyrrole nitrogens is 1. The molecule has 1 aliphatic rings. The number of aromatic amines is 1. The lowest BCUT2D eigenvalue weighted by atomic mass is 9.99. The molecule has 1 amide bonds. The van der Waals surface area contributed by atoms with Crippen LogP contribution in [0.2, 0.25) is 5.02 Å². The minimum absolute atomic E-state index is 0.0329. The van der Waals surface area contributed by atoms with Crippen LogP contribution < -0.4 is 14.9 Å². The van der Waals surface area contributed by atoms with Crippen molar-refractivity contribution in [3.05, 3.63) is 149 Å². The molecule has 11 nitrogen and oxygen atoms in total. The number of halogens is 1. The molecule has 0 bridgehead atoms. The summed E-state index contributed by atoms with van der Waals surface area (Å²) in [6.45, 7) is 6.26. The van der Waals surface area contributed by atoms with E-state index in [-0.39, 0.29) is 16.5 Å². The Balaban J connectivity index is 0.946. The summed E-state index contributed by atoms with van der Waals surface area (Å²) >= 11 is 7.87. The Hall–Kier alpha value is -5.21. The predicted molar refractivity (Wildman–Crippen MR) is 228 cm³/mol. The van der Waals surface area contributed by atoms with Gasteiger partial charge in [-0.1, -0.05) is 78.3 Å². The lowest BCUT2D eigenvalue weighted by Crippen LogP contribution is -2.46. The fraction of sp³-hybridized carbons (Fsp3) is 0.256. The van der Waals surface area contributed by atoms with E-state index in [1.54, 1.807) is 36.0 Å². The van der Waals surface area contributed by atoms with Crippen LogP contribution in [0.4, 0.5) is 11.4 Å². The van der Waals surface area contributed by atoms with Crippen LogP contribution in [0.15, 0.2) is 131 Å². The van der Waals surface area contributed by atoms with Gasteiger partial charge in [0, 0.05) is 77.8 Å². The highest BCUT2D eigenvalue weighted by Gasteiger charge is 2.23. The average Bonchev–Trinajstić information content (AvgIpc) is 3.77. The predicted octanol–water partition coefficient (Wildman–Crippen LogP) is 7.73. The van der Waals surface area contributed by atoms with Crippen molar-refractivity contribution in [3.8, 4) is 11.1 Å². The van der Waals surface area contributed by atoms with Gasteiger partial charge < -0.3 is 10.2 Å². The van der Waals surface area contributed by atoms with E-state index in [1.807, 2.05) is 49.4 Å². The number of carbonyl (C=O) groups is 1. The van der Waals surface area contributed by atoms with Crippen molar-refractivity contribution in [1.82, 2.24) is 30.2 Å². The van der Waals surface area contributed by atoms with E-state index in [0.29, 0.717) is 18.7 Å². The number of tetrazole rings is 1. The summed E-state index contributed by atoms with van der Waals surface area (Å²) in [5.41, 5.74) is 6.56. The van der Waals surface area contributed by atoms with Gasteiger partial charge in [-0.3, -0.25) is 9.69 Å². The molecule has 14 heteroatoms. The van der Waals surface area contributed by atoms with E-state index in [9.17, 15) is 13.2 Å². The quantitative estimate of drug-likeness (QED) is 0.0833. The lowest BCUT2D eigenvalue weighted by Gasteiger charge is -2.36. The highest BCUT2D eigenvalue weighted by molar-refractivity contribution is 7.99. The maximum Gasteiger partial charge on any atom is 0.264 e. The third kappa shape index (κ3) is 10.6. The number of hydrogen-bond donors (Lipinski definition) is 3. The molecule has 3 N–H and O–H groups in total. The molecule has 1 aliphatic heterocycles. The zero-order valence-corrected chi connectivity index (χ0v) is 34.0. The molecule has 1 fully saturated rings. The van der Waals surface area contributed by atoms with Crippen molar-refractivity contribution in [2.75, 3.05) is 42.1 Å². The number of anilines is 2. The van der Waals surface area contributed by atoms with E-state index >= 15 is 0 Å². The van der Waals surface area contributed by atoms with Gasteiger partial charge in [-0.25, -0.2) is 13.1 Å². The summed E-state index contributed by atoms with van der Waals surface area (Å²) in [5, 5.41) is 18.7. The van der Waals surface area contributed by atoms with Crippen LogP contribution in [0.3, 0.4) is 0 Å². The SMILES string of the molecule is CCc1cc(S(=O)(=O)NC(=O)c2ccc(N3CCN(Cc4ccccc4-c4ccc(Cl)cc4)CC3)cc2)ccc1N[C@H](CCc1nn[nH]n1)CSc1ccccc1. The fourth-order valence-electron chi connectivity index (χ4n) is 6.93. The Bertz CT molecular complexity index is 2340. The molecular weight excluding hydrogens is 776 g/mol. The van der Waals surface area contributed by atoms with Gasteiger partial charge in [-0.05, 0) is 102 Å². The van der Waals surface area contributed by atoms with Crippen LogP contribution in [-0.2, 0) is 29.4 Å². The van der Waals surface area contributed by atoms with E-state index in [2.05, 4.69) is 89.0 Å². The van der Waals surface area contributed by atoms with Gasteiger partial charge in [0.15, 0.2) is 5.82 Å². The van der Waals surface area contributed by atoms with E-state index in [1.165, 1.54) is 17.2 Å². The molecule has 0 radical (unpaired) electrons. The second kappa shape index (κ2) is 18.8. The fourth-order valence-corrected chi connectivity index (χ4v) is 9.07. The molecule has 2 heterocycles. The van der Waals surface area contributed by atoms with Crippen molar-refractivity contribution >= 4 is 50.7 Å². The van der Waals surface area contributed by atoms with Crippen LogP contribution in [0, 0.1) is 0 Å². The van der Waals surface area contributed by atoms with Crippen molar-refractivity contribution in [2.45, 2.75) is 48.6 Å². The Morgan fingerprint density at radius 1 is 0.877 bits per heavy atom. The summed E-state index contributed by atoms with van der Waals surface area (Å²) in [5.74, 6) is 0.735. The number of amides is 1. The monoisotopic (exact) mass is 820 g/mol. The molecule has 294 valence electrons. The minimum atomic E-state index is -4.14. The molecule has 57 heavy (non-hydrogen) atoms. The highest BCUT2D eigenvalue weighted by atomic mass is 35.5. The molecular formula is C43H45ClN8O3S2. The number of benzene rings is 5. The third-order valence-electron chi connectivity index (χ3n) is 10.1. The second-order valence-electron chi connectivity index (χ2n) is 13.9. The lowest BCUT2D eigenvalue weighted by molar-refractivity contribution is 0.0981. The number of rotatable bonds is 16. The van der Waals surface area contributed by atoms with E-state index < -0.39 is 15.9 Å². The van der Waals surface area contributed by atoms with E-state index in [0.717, 1.165) is 77.3 Å². The average molecular weight is 821 g/mol. The number of aromatic nitrogens is 4. The molecule has 0 saturated carbocycles. The maximum atomic E-state index is 13.5. The van der Waals surface area contributed by atoms with Crippen LogP contribution in [0.1, 0.15) is 40.7 Å². The smallest absolute Gasteiger partial charge is 0.264 e. The van der Waals surface area contributed by atoms with Crippen molar-refractivity contribution < 1.29 is 13.2 Å². The Kier molecular flexibility index (Phi) is 13.2. The van der Waals surface area contributed by atoms with Gasteiger partial charge in [0.25, 0.3) is 15.9 Å². The summed E-state index contributed by atoms with van der Waals surface area (Å²) in [6, 6.07) is 38.7. The highest BCUT2D eigenvalue weighted by Crippen LogP contribution is 2.28. The molecule has 5 aromatic carbocycles. The standard InChI is InChI=1S/C43H45ClN8O3S2/c1-2-31-28-39(21-22-41(31)45-36(18-23-42-46-49-50-47-42)30-56-38-9-4-3-5-10-38)57(54,55)48-43(53)33-14-19-37(20-15-33)52-26-24-51(25-27-52)29-34-8-6-7-11-40(34)32-12-16-35(44)17-13-32/h3-17,19-22,28,36,45H,2,18,23-27,29-30H2,1H3,(H,48,53)(H,46,47,49,50)/t36-/m1/s1. The first kappa shape index (κ1) is 40.0. The molecule has 0 aliphatic carbocycles. The largest absolute Gasteiger partial charge is 0.381 e. The van der Waals surface area contributed by atoms with Crippen molar-refractivity contribution in [1.29, 1.82) is 0 Å².